The van der Waals surface area contributed by atoms with E-state index in [4.69, 9.17) is 9.47 Å². The van der Waals surface area contributed by atoms with Crippen molar-refractivity contribution in [1.82, 2.24) is 15.3 Å². The standard InChI is InChI=1S/C18H24N4O2S/c1-11(2)8-20-13-9-23-17-14(10-24-16(13)17)22-18-19-6-5-12(21-18)15-4-3-7-25-15/h3-7,11,13-14,16-17,20H,8-10H2,1-2H3,(H,19,21,22). The van der Waals surface area contributed by atoms with Crippen molar-refractivity contribution < 1.29 is 9.47 Å². The molecule has 2 fully saturated rings. The first-order valence-corrected chi connectivity index (χ1v) is 9.68. The molecule has 0 aromatic carbocycles. The molecule has 0 amide bonds. The molecule has 2 N–H and O–H groups in total. The minimum absolute atomic E-state index is 0.0404. The summed E-state index contributed by atoms with van der Waals surface area (Å²) in [6.07, 6.45) is 1.93. The third-order valence-corrected chi connectivity index (χ3v) is 5.48. The van der Waals surface area contributed by atoms with Gasteiger partial charge in [-0.05, 0) is 30.0 Å². The Hall–Kier alpha value is -1.54. The van der Waals surface area contributed by atoms with E-state index in [9.17, 15) is 0 Å². The van der Waals surface area contributed by atoms with Crippen molar-refractivity contribution >= 4 is 17.3 Å². The molecular formula is C18H24N4O2S. The maximum Gasteiger partial charge on any atom is 0.223 e. The summed E-state index contributed by atoms with van der Waals surface area (Å²) in [6.45, 7) is 6.69. The van der Waals surface area contributed by atoms with E-state index in [2.05, 4.69) is 45.9 Å². The molecule has 4 heterocycles. The molecule has 2 aromatic heterocycles. The van der Waals surface area contributed by atoms with Gasteiger partial charge in [-0.15, -0.1) is 11.3 Å². The molecule has 0 radical (unpaired) electrons. The molecule has 134 valence electrons. The van der Waals surface area contributed by atoms with Crippen LogP contribution in [0.25, 0.3) is 10.6 Å². The van der Waals surface area contributed by atoms with Gasteiger partial charge in [-0.2, -0.15) is 0 Å². The number of aromatic nitrogens is 2. The van der Waals surface area contributed by atoms with Gasteiger partial charge in [0.25, 0.3) is 0 Å². The Labute approximate surface area is 152 Å². The van der Waals surface area contributed by atoms with Gasteiger partial charge in [-0.25, -0.2) is 9.97 Å². The lowest BCUT2D eigenvalue weighted by atomic mass is 10.1. The van der Waals surface area contributed by atoms with E-state index >= 15 is 0 Å². The van der Waals surface area contributed by atoms with Gasteiger partial charge in [0.1, 0.15) is 12.2 Å². The number of nitrogens with one attached hydrogen (secondary N) is 2. The average molecular weight is 360 g/mol. The average Bonchev–Trinajstić information content (AvgIpc) is 3.33. The van der Waals surface area contributed by atoms with Gasteiger partial charge in [-0.1, -0.05) is 19.9 Å². The second-order valence-corrected chi connectivity index (χ2v) is 7.95. The number of hydrogen-bond acceptors (Lipinski definition) is 7. The first-order chi connectivity index (χ1) is 12.2. The Bertz CT molecular complexity index is 694. The quantitative estimate of drug-likeness (QED) is 0.824. The van der Waals surface area contributed by atoms with Crippen LogP contribution in [0.15, 0.2) is 29.8 Å². The molecule has 4 rings (SSSR count). The van der Waals surface area contributed by atoms with Gasteiger partial charge in [-0.3, -0.25) is 0 Å². The number of thiophene rings is 1. The van der Waals surface area contributed by atoms with Crippen LogP contribution in [0.5, 0.6) is 0 Å². The zero-order chi connectivity index (χ0) is 17.2. The van der Waals surface area contributed by atoms with Gasteiger partial charge in [0.2, 0.25) is 5.95 Å². The minimum atomic E-state index is 0.0404. The molecule has 4 unspecified atom stereocenters. The van der Waals surface area contributed by atoms with Crippen molar-refractivity contribution in [3.8, 4) is 10.6 Å². The van der Waals surface area contributed by atoms with Crippen LogP contribution in [0.1, 0.15) is 13.8 Å². The largest absolute Gasteiger partial charge is 0.371 e. The fraction of sp³-hybridized carbons (Fsp3) is 0.556. The third kappa shape index (κ3) is 3.69. The normalized spacial score (nSPS) is 28.4. The summed E-state index contributed by atoms with van der Waals surface area (Å²) < 4.78 is 12.0. The fourth-order valence-corrected chi connectivity index (χ4v) is 4.04. The van der Waals surface area contributed by atoms with Crippen molar-refractivity contribution in [2.24, 2.45) is 5.92 Å². The summed E-state index contributed by atoms with van der Waals surface area (Å²) in [5.74, 6) is 1.24. The molecule has 25 heavy (non-hydrogen) atoms. The van der Waals surface area contributed by atoms with Crippen LogP contribution in [-0.2, 0) is 9.47 Å². The number of ether oxygens (including phenoxy) is 2. The zero-order valence-corrected chi connectivity index (χ0v) is 15.3. The number of anilines is 1. The number of rotatable bonds is 6. The summed E-state index contributed by atoms with van der Waals surface area (Å²) >= 11 is 1.68. The van der Waals surface area contributed by atoms with Crippen molar-refractivity contribution in [3.05, 3.63) is 29.8 Å². The fourth-order valence-electron chi connectivity index (χ4n) is 3.34. The summed E-state index contributed by atoms with van der Waals surface area (Å²) in [5.41, 5.74) is 0.937. The predicted molar refractivity (Wildman–Crippen MR) is 98.9 cm³/mol. The first kappa shape index (κ1) is 16.9. The summed E-state index contributed by atoms with van der Waals surface area (Å²) in [4.78, 5) is 10.1. The van der Waals surface area contributed by atoms with Gasteiger partial charge in [0.15, 0.2) is 0 Å². The Morgan fingerprint density at radius 1 is 1.20 bits per heavy atom. The van der Waals surface area contributed by atoms with Crippen LogP contribution in [0, 0.1) is 5.92 Å². The van der Waals surface area contributed by atoms with Crippen LogP contribution < -0.4 is 10.6 Å². The summed E-state index contributed by atoms with van der Waals surface area (Å²) in [6, 6.07) is 6.37. The van der Waals surface area contributed by atoms with Gasteiger partial charge in [0.05, 0.1) is 35.9 Å². The topological polar surface area (TPSA) is 68.3 Å². The van der Waals surface area contributed by atoms with Crippen molar-refractivity contribution in [1.29, 1.82) is 0 Å². The molecule has 0 spiro atoms. The Balaban J connectivity index is 1.40. The Morgan fingerprint density at radius 3 is 2.76 bits per heavy atom. The lowest BCUT2D eigenvalue weighted by Crippen LogP contribution is -2.43. The molecule has 0 bridgehead atoms. The van der Waals surface area contributed by atoms with E-state index in [1.165, 1.54) is 0 Å². The monoisotopic (exact) mass is 360 g/mol. The molecule has 6 nitrogen and oxygen atoms in total. The Kier molecular flexibility index (Phi) is 4.98. The smallest absolute Gasteiger partial charge is 0.223 e. The molecular weight excluding hydrogens is 336 g/mol. The molecule has 2 aliphatic heterocycles. The zero-order valence-electron chi connectivity index (χ0n) is 14.5. The minimum Gasteiger partial charge on any atom is -0.371 e. The van der Waals surface area contributed by atoms with E-state index in [1.54, 1.807) is 17.5 Å². The van der Waals surface area contributed by atoms with Crippen LogP contribution in [-0.4, -0.2) is 54.0 Å². The van der Waals surface area contributed by atoms with E-state index < -0.39 is 0 Å². The van der Waals surface area contributed by atoms with Crippen LogP contribution >= 0.6 is 11.3 Å². The maximum atomic E-state index is 6.01. The first-order valence-electron chi connectivity index (χ1n) is 8.81. The molecule has 2 saturated heterocycles. The number of hydrogen-bond donors (Lipinski definition) is 2. The highest BCUT2D eigenvalue weighted by atomic mass is 32.1. The molecule has 7 heteroatoms. The van der Waals surface area contributed by atoms with Crippen molar-refractivity contribution in [2.75, 3.05) is 25.1 Å². The molecule has 2 aromatic rings. The summed E-state index contributed by atoms with van der Waals surface area (Å²) in [5, 5.41) is 9.01. The molecule has 2 aliphatic rings. The van der Waals surface area contributed by atoms with E-state index in [0.717, 1.165) is 17.1 Å². The van der Waals surface area contributed by atoms with Crippen LogP contribution in [0.3, 0.4) is 0 Å². The van der Waals surface area contributed by atoms with E-state index in [-0.39, 0.29) is 24.3 Å². The molecule has 0 saturated carbocycles. The lowest BCUT2D eigenvalue weighted by molar-refractivity contribution is 0.0674. The van der Waals surface area contributed by atoms with E-state index in [0.29, 0.717) is 25.1 Å². The van der Waals surface area contributed by atoms with Gasteiger partial charge < -0.3 is 20.1 Å². The second-order valence-electron chi connectivity index (χ2n) is 7.00. The van der Waals surface area contributed by atoms with Crippen LogP contribution in [0.4, 0.5) is 5.95 Å². The maximum absolute atomic E-state index is 6.01. The Morgan fingerprint density at radius 2 is 2.00 bits per heavy atom. The van der Waals surface area contributed by atoms with Crippen LogP contribution in [0.2, 0.25) is 0 Å². The third-order valence-electron chi connectivity index (χ3n) is 4.59. The predicted octanol–water partition coefficient (Wildman–Crippen LogP) is 2.40. The van der Waals surface area contributed by atoms with Gasteiger partial charge >= 0.3 is 0 Å². The molecule has 4 atom stereocenters. The van der Waals surface area contributed by atoms with Gasteiger partial charge in [0, 0.05) is 6.20 Å². The highest BCUT2D eigenvalue weighted by Crippen LogP contribution is 2.29. The van der Waals surface area contributed by atoms with Crippen molar-refractivity contribution in [3.63, 3.8) is 0 Å². The van der Waals surface area contributed by atoms with Crippen molar-refractivity contribution in [2.45, 2.75) is 38.1 Å². The number of fused-ring (bicyclic) bond motifs is 1. The second kappa shape index (κ2) is 7.37. The molecule has 0 aliphatic carbocycles. The SMILES string of the molecule is CC(C)CNC1COC2C(Nc3nccc(-c4cccs4)n3)COC12. The summed E-state index contributed by atoms with van der Waals surface area (Å²) in [7, 11) is 0. The lowest BCUT2D eigenvalue weighted by Gasteiger charge is -2.19. The number of nitrogens with zero attached hydrogens (tertiary/aromatic N) is 2. The highest BCUT2D eigenvalue weighted by molar-refractivity contribution is 7.13. The highest BCUT2D eigenvalue weighted by Gasteiger charge is 2.47. The van der Waals surface area contributed by atoms with E-state index in [1.807, 2.05) is 12.1 Å².